The van der Waals surface area contributed by atoms with E-state index in [1.54, 1.807) is 18.2 Å². The molecule has 2 aliphatic heterocycles. The van der Waals surface area contributed by atoms with Crippen LogP contribution in [0.25, 0.3) is 22.4 Å². The first-order chi connectivity index (χ1) is 20.7. The molecule has 0 saturated carbocycles. The molecule has 0 bridgehead atoms. The number of hydrogen-bond acceptors (Lipinski definition) is 8. The topological polar surface area (TPSA) is 144 Å². The zero-order valence-corrected chi connectivity index (χ0v) is 24.6. The number of benzene rings is 2. The number of aliphatic hydroxyl groups is 1. The summed E-state index contributed by atoms with van der Waals surface area (Å²) < 4.78 is 5.80. The van der Waals surface area contributed by atoms with Crippen LogP contribution in [0.3, 0.4) is 0 Å². The monoisotopic (exact) mass is 584 g/mol. The Morgan fingerprint density at radius 1 is 1.07 bits per heavy atom. The summed E-state index contributed by atoms with van der Waals surface area (Å²) in [5.74, 6) is 0.411. The largest absolute Gasteiger partial charge is 0.491 e. The fourth-order valence-corrected chi connectivity index (χ4v) is 6.00. The van der Waals surface area contributed by atoms with Gasteiger partial charge in [-0.25, -0.2) is 4.98 Å². The maximum absolute atomic E-state index is 13.4. The third kappa shape index (κ3) is 5.53. The van der Waals surface area contributed by atoms with Crippen molar-refractivity contribution in [3.63, 3.8) is 0 Å². The molecular formula is C32H36N6O5. The first kappa shape index (κ1) is 28.6. The van der Waals surface area contributed by atoms with Gasteiger partial charge in [0.25, 0.3) is 17.4 Å². The van der Waals surface area contributed by atoms with Crippen LogP contribution in [0, 0.1) is 13.8 Å². The van der Waals surface area contributed by atoms with Gasteiger partial charge >= 0.3 is 0 Å². The van der Waals surface area contributed by atoms with Crippen molar-refractivity contribution < 1.29 is 19.4 Å². The third-order valence-electron chi connectivity index (χ3n) is 8.38. The Bertz CT molecular complexity index is 1700. The average molecular weight is 585 g/mol. The van der Waals surface area contributed by atoms with Crippen LogP contribution in [0.1, 0.15) is 51.6 Å². The van der Waals surface area contributed by atoms with Gasteiger partial charge in [-0.15, -0.1) is 0 Å². The molecule has 6 rings (SSSR count). The molecule has 2 amide bonds. The lowest BCUT2D eigenvalue weighted by atomic mass is 10.0. The number of rotatable bonds is 9. The fraction of sp³-hybridized carbons (Fsp3) is 0.375. The number of carbonyl (C=O) groups is 2. The summed E-state index contributed by atoms with van der Waals surface area (Å²) in [6, 6.07) is 10.7. The zero-order chi connectivity index (χ0) is 30.2. The number of piperidine rings is 1. The zero-order valence-electron chi connectivity index (χ0n) is 24.6. The molecular weight excluding hydrogens is 548 g/mol. The summed E-state index contributed by atoms with van der Waals surface area (Å²) in [5.41, 5.74) is 4.17. The van der Waals surface area contributed by atoms with E-state index in [-0.39, 0.29) is 48.0 Å². The first-order valence-corrected chi connectivity index (χ1v) is 14.7. The summed E-state index contributed by atoms with van der Waals surface area (Å²) in [6.45, 7) is 8.95. The number of nitrogens with zero attached hydrogens (tertiary/aromatic N) is 3. The van der Waals surface area contributed by atoms with Crippen molar-refractivity contribution in [2.24, 2.45) is 0 Å². The normalized spacial score (nSPS) is 16.6. The van der Waals surface area contributed by atoms with Crippen molar-refractivity contribution >= 4 is 28.5 Å². The predicted molar refractivity (Wildman–Crippen MR) is 164 cm³/mol. The van der Waals surface area contributed by atoms with Gasteiger partial charge in [0.1, 0.15) is 29.8 Å². The molecule has 0 spiro atoms. The smallest absolute Gasteiger partial charge is 0.261 e. The number of nitrogens with one attached hydrogen (secondary N) is 3. The summed E-state index contributed by atoms with van der Waals surface area (Å²) >= 11 is 0. The SMILES string of the molecule is CCN1CCC(N2C(=O)c3cc4nc(-c5c(NCC(O)COc6ccc(C)cc6C)cc[nH]c5=O)[nH]c4cc3C2=O)CC1. The van der Waals surface area contributed by atoms with Crippen molar-refractivity contribution in [2.75, 3.05) is 38.1 Å². The Morgan fingerprint density at radius 3 is 2.53 bits per heavy atom. The van der Waals surface area contributed by atoms with Gasteiger partial charge in [0.15, 0.2) is 0 Å². The number of aromatic amines is 2. The molecule has 224 valence electrons. The summed E-state index contributed by atoms with van der Waals surface area (Å²) in [6.07, 6.45) is 2.19. The van der Waals surface area contributed by atoms with Gasteiger partial charge in [0.2, 0.25) is 0 Å². The number of imide groups is 1. The lowest BCUT2D eigenvalue weighted by Crippen LogP contribution is -2.47. The van der Waals surface area contributed by atoms with E-state index in [2.05, 4.69) is 32.1 Å². The van der Waals surface area contributed by atoms with Crippen LogP contribution in [0.2, 0.25) is 0 Å². The molecule has 2 aromatic carbocycles. The number of aliphatic hydroxyl groups excluding tert-OH is 1. The van der Waals surface area contributed by atoms with Gasteiger partial charge < -0.3 is 30.0 Å². The highest BCUT2D eigenvalue weighted by molar-refractivity contribution is 6.23. The second kappa shape index (κ2) is 11.7. The van der Waals surface area contributed by atoms with Crippen LogP contribution in [0.15, 0.2) is 47.4 Å². The highest BCUT2D eigenvalue weighted by Gasteiger charge is 2.41. The maximum Gasteiger partial charge on any atom is 0.261 e. The number of likely N-dealkylation sites (tertiary alicyclic amines) is 1. The van der Waals surface area contributed by atoms with Gasteiger partial charge in [0, 0.05) is 31.9 Å². The standard InChI is InChI=1S/C32H36N6O5/c1-4-37-11-8-20(9-12-37)38-31(41)22-14-25-26(15-23(22)32(38)42)36-29(35-25)28-24(7-10-33-30(28)40)34-16-21(39)17-43-27-6-5-18(2)13-19(27)3/h5-7,10,13-15,20-21,39H,4,8-9,11-12,16-17H2,1-3H3,(H,35,36)(H2,33,34,40). The predicted octanol–water partition coefficient (Wildman–Crippen LogP) is 3.47. The Hall–Kier alpha value is -4.48. The Balaban J connectivity index is 1.19. The molecule has 4 heterocycles. The van der Waals surface area contributed by atoms with E-state index in [0.29, 0.717) is 33.6 Å². The molecule has 1 saturated heterocycles. The van der Waals surface area contributed by atoms with Crippen LogP contribution in [-0.4, -0.2) is 86.6 Å². The molecule has 11 nitrogen and oxygen atoms in total. The van der Waals surface area contributed by atoms with Crippen LogP contribution in [0.5, 0.6) is 5.75 Å². The average Bonchev–Trinajstić information content (AvgIpc) is 3.51. The minimum absolute atomic E-state index is 0.0718. The molecule has 2 aliphatic rings. The van der Waals surface area contributed by atoms with Gasteiger partial charge in [0.05, 0.1) is 27.8 Å². The number of amides is 2. The summed E-state index contributed by atoms with van der Waals surface area (Å²) in [5, 5.41) is 13.7. The number of aromatic nitrogens is 3. The highest BCUT2D eigenvalue weighted by Crippen LogP contribution is 2.33. The number of pyridine rings is 1. The minimum Gasteiger partial charge on any atom is -0.491 e. The van der Waals surface area contributed by atoms with E-state index in [4.69, 9.17) is 4.74 Å². The van der Waals surface area contributed by atoms with E-state index >= 15 is 0 Å². The summed E-state index contributed by atoms with van der Waals surface area (Å²) in [7, 11) is 0. The number of anilines is 1. The molecule has 0 radical (unpaired) electrons. The molecule has 43 heavy (non-hydrogen) atoms. The maximum atomic E-state index is 13.4. The van der Waals surface area contributed by atoms with E-state index in [9.17, 15) is 19.5 Å². The summed E-state index contributed by atoms with van der Waals surface area (Å²) in [4.78, 5) is 53.9. The Morgan fingerprint density at radius 2 is 1.81 bits per heavy atom. The highest BCUT2D eigenvalue weighted by atomic mass is 16.5. The van der Waals surface area contributed by atoms with Crippen molar-refractivity contribution in [1.82, 2.24) is 24.8 Å². The molecule has 4 aromatic rings. The molecule has 1 fully saturated rings. The second-order valence-corrected chi connectivity index (χ2v) is 11.4. The third-order valence-corrected chi connectivity index (χ3v) is 8.38. The van der Waals surface area contributed by atoms with E-state index in [1.165, 1.54) is 11.1 Å². The van der Waals surface area contributed by atoms with Gasteiger partial charge in [-0.05, 0) is 63.1 Å². The number of imidazole rings is 1. The lowest BCUT2D eigenvalue weighted by Gasteiger charge is -2.35. The number of H-pyrrole nitrogens is 2. The molecule has 4 N–H and O–H groups in total. The molecule has 1 atom stereocenters. The van der Waals surface area contributed by atoms with Gasteiger partial charge in [-0.2, -0.15) is 0 Å². The lowest BCUT2D eigenvalue weighted by molar-refractivity contribution is 0.0506. The number of ether oxygens (including phenoxy) is 1. The molecule has 0 aliphatic carbocycles. The van der Waals surface area contributed by atoms with Crippen LogP contribution >= 0.6 is 0 Å². The number of carbonyl (C=O) groups excluding carboxylic acids is 2. The second-order valence-electron chi connectivity index (χ2n) is 11.4. The number of hydrogen-bond donors (Lipinski definition) is 4. The van der Waals surface area contributed by atoms with Crippen LogP contribution in [-0.2, 0) is 0 Å². The quantitative estimate of drug-likeness (QED) is 0.219. The van der Waals surface area contributed by atoms with Crippen LogP contribution in [0.4, 0.5) is 5.69 Å². The molecule has 11 heteroatoms. The van der Waals surface area contributed by atoms with Crippen molar-refractivity contribution in [3.8, 4) is 17.1 Å². The molecule has 2 aromatic heterocycles. The van der Waals surface area contributed by atoms with Crippen molar-refractivity contribution in [1.29, 1.82) is 0 Å². The Kier molecular flexibility index (Phi) is 7.76. The minimum atomic E-state index is -0.847. The van der Waals surface area contributed by atoms with Crippen molar-refractivity contribution in [2.45, 2.75) is 45.8 Å². The van der Waals surface area contributed by atoms with Crippen LogP contribution < -0.4 is 15.6 Å². The Labute approximate surface area is 248 Å². The number of fused-ring (bicyclic) bond motifs is 2. The first-order valence-electron chi connectivity index (χ1n) is 14.7. The number of aryl methyl sites for hydroxylation is 2. The van der Waals surface area contributed by atoms with Crippen molar-refractivity contribution in [3.05, 3.63) is 75.2 Å². The van der Waals surface area contributed by atoms with E-state index in [0.717, 1.165) is 43.6 Å². The van der Waals surface area contributed by atoms with Gasteiger partial charge in [-0.3, -0.25) is 19.3 Å². The van der Waals surface area contributed by atoms with E-state index < -0.39 is 6.10 Å². The van der Waals surface area contributed by atoms with E-state index in [1.807, 2.05) is 32.0 Å². The molecule has 1 unspecified atom stereocenters. The fourth-order valence-electron chi connectivity index (χ4n) is 6.00. The van der Waals surface area contributed by atoms with Gasteiger partial charge in [-0.1, -0.05) is 24.6 Å².